The minimum Gasteiger partial charge on any atom is -0.370 e. The molecule has 2 amide bonds. The molecule has 0 aromatic heterocycles. The zero-order valence-corrected chi connectivity index (χ0v) is 11.8. The molecule has 0 saturated carbocycles. The highest BCUT2D eigenvalue weighted by Crippen LogP contribution is 2.27. The first-order chi connectivity index (χ1) is 9.01. The van der Waals surface area contributed by atoms with Crippen molar-refractivity contribution in [3.05, 3.63) is 29.3 Å². The average Bonchev–Trinajstić information content (AvgIpc) is 2.33. The fourth-order valence-corrected chi connectivity index (χ4v) is 2.14. The Bertz CT molecular complexity index is 478. The molecule has 1 aromatic carbocycles. The number of rotatable bonds is 4. The van der Waals surface area contributed by atoms with Gasteiger partial charge in [0.15, 0.2) is 5.96 Å². The number of para-hydroxylation sites is 1. The van der Waals surface area contributed by atoms with Crippen molar-refractivity contribution in [1.29, 1.82) is 0 Å². The second-order valence-electron chi connectivity index (χ2n) is 4.40. The van der Waals surface area contributed by atoms with Crippen LogP contribution in [-0.4, -0.2) is 18.5 Å². The number of guanidine groups is 1. The van der Waals surface area contributed by atoms with E-state index in [-0.39, 0.29) is 5.96 Å². The van der Waals surface area contributed by atoms with Crippen LogP contribution in [-0.2, 0) is 6.42 Å². The lowest BCUT2D eigenvalue weighted by Crippen LogP contribution is -2.33. The van der Waals surface area contributed by atoms with Crippen LogP contribution in [0.25, 0.3) is 0 Å². The van der Waals surface area contributed by atoms with Crippen molar-refractivity contribution in [3.63, 3.8) is 0 Å². The first-order valence-corrected chi connectivity index (χ1v) is 6.50. The molecule has 104 valence electrons. The van der Waals surface area contributed by atoms with Gasteiger partial charge in [-0.05, 0) is 31.4 Å². The van der Waals surface area contributed by atoms with Gasteiger partial charge in [-0.1, -0.05) is 31.5 Å². The van der Waals surface area contributed by atoms with Gasteiger partial charge < -0.3 is 11.5 Å². The molecule has 0 fully saturated rings. The molecular formula is C14H22N4O. The van der Waals surface area contributed by atoms with Crippen molar-refractivity contribution >= 4 is 17.7 Å². The molecule has 0 saturated heterocycles. The summed E-state index contributed by atoms with van der Waals surface area (Å²) in [5, 5.41) is 0. The number of carbonyl (C=O) groups is 1. The van der Waals surface area contributed by atoms with Gasteiger partial charge in [0.2, 0.25) is 0 Å². The summed E-state index contributed by atoms with van der Waals surface area (Å²) in [6.45, 7) is 6.53. The molecule has 1 aromatic rings. The molecule has 0 spiro atoms. The van der Waals surface area contributed by atoms with Gasteiger partial charge in [0.1, 0.15) is 0 Å². The summed E-state index contributed by atoms with van der Waals surface area (Å²) in [5.41, 5.74) is 13.7. The van der Waals surface area contributed by atoms with E-state index < -0.39 is 6.03 Å². The lowest BCUT2D eigenvalue weighted by Gasteiger charge is -2.24. The van der Waals surface area contributed by atoms with Gasteiger partial charge in [-0.2, -0.15) is 4.99 Å². The predicted octanol–water partition coefficient (Wildman–Crippen LogP) is 2.17. The van der Waals surface area contributed by atoms with Crippen LogP contribution in [0.5, 0.6) is 0 Å². The Morgan fingerprint density at radius 2 is 2.00 bits per heavy atom. The summed E-state index contributed by atoms with van der Waals surface area (Å²) in [5.74, 6) is -0.214. The van der Waals surface area contributed by atoms with Crippen molar-refractivity contribution in [3.8, 4) is 0 Å². The first-order valence-electron chi connectivity index (χ1n) is 6.50. The third-order valence-electron chi connectivity index (χ3n) is 2.88. The third-order valence-corrected chi connectivity index (χ3v) is 2.88. The zero-order chi connectivity index (χ0) is 14.4. The number of hydrogen-bond donors (Lipinski definition) is 2. The molecule has 1 rings (SSSR count). The van der Waals surface area contributed by atoms with Gasteiger partial charge in [0, 0.05) is 6.54 Å². The molecular weight excluding hydrogens is 240 g/mol. The van der Waals surface area contributed by atoms with E-state index in [1.807, 2.05) is 32.0 Å². The SMILES string of the molecule is CCCc1cccc(C)c1N(CC)C(=O)N=C(N)N. The summed E-state index contributed by atoms with van der Waals surface area (Å²) in [7, 11) is 0. The lowest BCUT2D eigenvalue weighted by atomic mass is 10.0. The molecule has 0 heterocycles. The normalized spacial score (nSPS) is 10.1. The molecule has 0 radical (unpaired) electrons. The number of hydrogen-bond acceptors (Lipinski definition) is 1. The standard InChI is InChI=1S/C14H22N4O/c1-4-7-11-9-6-8-10(3)12(11)18(5-2)14(19)17-13(15)16/h6,8-9H,4-5,7H2,1-3H3,(H4,15,16,17,19). The number of urea groups is 1. The highest BCUT2D eigenvalue weighted by Gasteiger charge is 2.18. The Hall–Kier alpha value is -2.04. The molecule has 0 aliphatic heterocycles. The molecule has 19 heavy (non-hydrogen) atoms. The van der Waals surface area contributed by atoms with Crippen LogP contribution < -0.4 is 16.4 Å². The van der Waals surface area contributed by atoms with E-state index in [9.17, 15) is 4.79 Å². The number of nitrogens with zero attached hydrogens (tertiary/aromatic N) is 2. The molecule has 4 N–H and O–H groups in total. The van der Waals surface area contributed by atoms with E-state index in [4.69, 9.17) is 11.5 Å². The maximum Gasteiger partial charge on any atom is 0.351 e. The maximum absolute atomic E-state index is 12.1. The van der Waals surface area contributed by atoms with Crippen LogP contribution in [0.4, 0.5) is 10.5 Å². The Morgan fingerprint density at radius 3 is 2.53 bits per heavy atom. The summed E-state index contributed by atoms with van der Waals surface area (Å²) in [6.07, 6.45) is 1.94. The van der Waals surface area contributed by atoms with E-state index in [0.717, 1.165) is 29.7 Å². The van der Waals surface area contributed by atoms with Crippen molar-refractivity contribution in [2.75, 3.05) is 11.4 Å². The number of aryl methyl sites for hydroxylation is 2. The summed E-state index contributed by atoms with van der Waals surface area (Å²) >= 11 is 0. The number of anilines is 1. The van der Waals surface area contributed by atoms with Gasteiger partial charge >= 0.3 is 6.03 Å². The largest absolute Gasteiger partial charge is 0.370 e. The van der Waals surface area contributed by atoms with Crippen LogP contribution >= 0.6 is 0 Å². The van der Waals surface area contributed by atoms with E-state index in [1.54, 1.807) is 4.90 Å². The zero-order valence-electron chi connectivity index (χ0n) is 11.8. The summed E-state index contributed by atoms with van der Waals surface area (Å²) in [6, 6.07) is 5.61. The Morgan fingerprint density at radius 1 is 1.32 bits per heavy atom. The van der Waals surface area contributed by atoms with Crippen molar-refractivity contribution in [2.24, 2.45) is 16.5 Å². The van der Waals surface area contributed by atoms with Gasteiger partial charge in [0.05, 0.1) is 5.69 Å². The quantitative estimate of drug-likeness (QED) is 0.644. The molecule has 5 heteroatoms. The van der Waals surface area contributed by atoms with E-state index in [0.29, 0.717) is 6.54 Å². The van der Waals surface area contributed by atoms with Crippen molar-refractivity contribution in [1.82, 2.24) is 0 Å². The van der Waals surface area contributed by atoms with Crippen molar-refractivity contribution in [2.45, 2.75) is 33.6 Å². The molecule has 5 nitrogen and oxygen atoms in total. The van der Waals surface area contributed by atoms with Crippen LogP contribution in [0.15, 0.2) is 23.2 Å². The van der Waals surface area contributed by atoms with Gasteiger partial charge in [-0.3, -0.25) is 4.90 Å². The van der Waals surface area contributed by atoms with Crippen LogP contribution in [0.1, 0.15) is 31.4 Å². The highest BCUT2D eigenvalue weighted by atomic mass is 16.2. The fraction of sp³-hybridized carbons (Fsp3) is 0.429. The number of aliphatic imine (C=N–C) groups is 1. The van der Waals surface area contributed by atoms with E-state index in [1.165, 1.54) is 0 Å². The molecule has 0 aliphatic rings. The Labute approximate surface area is 114 Å². The van der Waals surface area contributed by atoms with Crippen LogP contribution in [0.3, 0.4) is 0 Å². The van der Waals surface area contributed by atoms with E-state index >= 15 is 0 Å². The fourth-order valence-electron chi connectivity index (χ4n) is 2.14. The highest BCUT2D eigenvalue weighted by molar-refractivity contribution is 6.00. The summed E-state index contributed by atoms with van der Waals surface area (Å²) in [4.78, 5) is 17.3. The lowest BCUT2D eigenvalue weighted by molar-refractivity contribution is 0.254. The first kappa shape index (κ1) is 15.0. The van der Waals surface area contributed by atoms with Gasteiger partial charge in [-0.15, -0.1) is 0 Å². The topological polar surface area (TPSA) is 84.7 Å². The second kappa shape index (κ2) is 6.78. The number of benzene rings is 1. The Kier molecular flexibility index (Phi) is 5.36. The van der Waals surface area contributed by atoms with Crippen LogP contribution in [0, 0.1) is 6.92 Å². The molecule has 0 unspecified atom stereocenters. The Balaban J connectivity index is 3.24. The smallest absolute Gasteiger partial charge is 0.351 e. The molecule has 0 atom stereocenters. The number of carbonyl (C=O) groups excluding carboxylic acids is 1. The monoisotopic (exact) mass is 262 g/mol. The summed E-state index contributed by atoms with van der Waals surface area (Å²) < 4.78 is 0. The maximum atomic E-state index is 12.1. The van der Waals surface area contributed by atoms with Crippen LogP contribution in [0.2, 0.25) is 0 Å². The van der Waals surface area contributed by atoms with Crippen molar-refractivity contribution < 1.29 is 4.79 Å². The van der Waals surface area contributed by atoms with E-state index in [2.05, 4.69) is 11.9 Å². The predicted molar refractivity (Wildman–Crippen MR) is 79.4 cm³/mol. The second-order valence-corrected chi connectivity index (χ2v) is 4.40. The minimum atomic E-state index is -0.422. The number of amides is 2. The number of nitrogens with two attached hydrogens (primary N) is 2. The third kappa shape index (κ3) is 3.71. The van der Waals surface area contributed by atoms with Gasteiger partial charge in [-0.25, -0.2) is 4.79 Å². The van der Waals surface area contributed by atoms with Gasteiger partial charge in [0.25, 0.3) is 0 Å². The average molecular weight is 262 g/mol. The minimum absolute atomic E-state index is 0.214. The molecule has 0 aliphatic carbocycles. The molecule has 0 bridgehead atoms.